The normalized spacial score (nSPS) is 18.9. The van der Waals surface area contributed by atoms with Crippen LogP contribution in [0.25, 0.3) is 0 Å². The van der Waals surface area contributed by atoms with Crippen molar-refractivity contribution in [1.82, 2.24) is 4.90 Å². The number of carbonyl (C=O) groups excluding carboxylic acids is 1. The highest BCUT2D eigenvalue weighted by molar-refractivity contribution is 6.37. The van der Waals surface area contributed by atoms with Gasteiger partial charge in [0.2, 0.25) is 5.91 Å². The van der Waals surface area contributed by atoms with Gasteiger partial charge >= 0.3 is 0 Å². The molecule has 1 saturated heterocycles. The molecule has 1 amide bonds. The lowest BCUT2D eigenvalue weighted by Crippen LogP contribution is -2.32. The van der Waals surface area contributed by atoms with E-state index in [9.17, 15) is 4.79 Å². The topological polar surface area (TPSA) is 58.4 Å². The van der Waals surface area contributed by atoms with Crippen LogP contribution in [0.3, 0.4) is 0 Å². The first kappa shape index (κ1) is 16.4. The Hall–Kier alpha value is -0.970. The molecule has 1 unspecified atom stereocenters. The maximum absolute atomic E-state index is 12.1. The summed E-state index contributed by atoms with van der Waals surface area (Å²) in [5.41, 5.74) is 6.67. The highest BCUT2D eigenvalue weighted by atomic mass is 35.5. The molecule has 0 bridgehead atoms. The maximum Gasteiger partial charge on any atom is 0.225 e. The molecule has 1 aromatic carbocycles. The van der Waals surface area contributed by atoms with E-state index < -0.39 is 0 Å². The number of hydrogen-bond donors (Lipinski definition) is 2. The zero-order chi connectivity index (χ0) is 15.4. The van der Waals surface area contributed by atoms with E-state index in [1.54, 1.807) is 12.1 Å². The fourth-order valence-electron chi connectivity index (χ4n) is 2.82. The van der Waals surface area contributed by atoms with E-state index in [0.717, 1.165) is 19.5 Å². The Labute approximate surface area is 135 Å². The van der Waals surface area contributed by atoms with Gasteiger partial charge in [-0.15, -0.1) is 0 Å². The lowest BCUT2D eigenvalue weighted by molar-refractivity contribution is -0.116. The van der Waals surface area contributed by atoms with Gasteiger partial charge in [0.1, 0.15) is 0 Å². The van der Waals surface area contributed by atoms with E-state index in [2.05, 4.69) is 17.1 Å². The van der Waals surface area contributed by atoms with Crippen molar-refractivity contribution in [1.29, 1.82) is 0 Å². The molecular weight excluding hydrogens is 309 g/mol. The molecular formula is C15H21Cl2N3O. The SMILES string of the molecule is CCC1CCCN1CCC(=O)Nc1c(N)cc(Cl)cc1Cl. The first-order valence-corrected chi connectivity index (χ1v) is 8.05. The number of benzene rings is 1. The molecule has 1 atom stereocenters. The van der Waals surface area contributed by atoms with Gasteiger partial charge in [0, 0.05) is 24.0 Å². The second-order valence-electron chi connectivity index (χ2n) is 5.39. The lowest BCUT2D eigenvalue weighted by Gasteiger charge is -2.22. The molecule has 4 nitrogen and oxygen atoms in total. The van der Waals surface area contributed by atoms with Crippen molar-refractivity contribution in [2.24, 2.45) is 0 Å². The van der Waals surface area contributed by atoms with Crippen molar-refractivity contribution in [2.45, 2.75) is 38.6 Å². The Morgan fingerprint density at radius 1 is 1.48 bits per heavy atom. The molecule has 0 radical (unpaired) electrons. The highest BCUT2D eigenvalue weighted by Gasteiger charge is 2.23. The Bertz CT molecular complexity index is 499. The number of amides is 1. The van der Waals surface area contributed by atoms with E-state index in [-0.39, 0.29) is 5.91 Å². The molecule has 3 N–H and O–H groups in total. The zero-order valence-electron chi connectivity index (χ0n) is 12.2. The summed E-state index contributed by atoms with van der Waals surface area (Å²) in [5.74, 6) is -0.0762. The minimum Gasteiger partial charge on any atom is -0.397 e. The van der Waals surface area contributed by atoms with Crippen molar-refractivity contribution in [3.8, 4) is 0 Å². The predicted octanol–water partition coefficient (Wildman–Crippen LogP) is 3.78. The van der Waals surface area contributed by atoms with Crippen LogP contribution in [0.2, 0.25) is 10.0 Å². The average Bonchev–Trinajstić information content (AvgIpc) is 2.88. The summed E-state index contributed by atoms with van der Waals surface area (Å²) >= 11 is 11.9. The van der Waals surface area contributed by atoms with Crippen molar-refractivity contribution in [2.75, 3.05) is 24.1 Å². The van der Waals surface area contributed by atoms with Gasteiger partial charge in [-0.1, -0.05) is 30.1 Å². The van der Waals surface area contributed by atoms with Gasteiger partial charge in [0.25, 0.3) is 0 Å². The summed E-state index contributed by atoms with van der Waals surface area (Å²) in [6.07, 6.45) is 4.02. The van der Waals surface area contributed by atoms with Gasteiger partial charge in [-0.3, -0.25) is 9.69 Å². The number of nitrogens with two attached hydrogens (primary N) is 1. The van der Waals surface area contributed by atoms with Crippen LogP contribution in [0.15, 0.2) is 12.1 Å². The number of nitrogens with zero attached hydrogens (tertiary/aromatic N) is 1. The number of anilines is 2. The summed E-state index contributed by atoms with van der Waals surface area (Å²) in [4.78, 5) is 14.4. The number of carbonyl (C=O) groups is 1. The number of nitrogens with one attached hydrogen (secondary N) is 1. The van der Waals surface area contributed by atoms with Gasteiger partial charge in [0.15, 0.2) is 0 Å². The second-order valence-corrected chi connectivity index (χ2v) is 6.23. The first-order valence-electron chi connectivity index (χ1n) is 7.29. The van der Waals surface area contributed by atoms with Crippen LogP contribution in [0.5, 0.6) is 0 Å². The fraction of sp³-hybridized carbons (Fsp3) is 0.533. The standard InChI is InChI=1S/C15H21Cl2N3O/c1-2-11-4-3-6-20(11)7-5-14(21)19-15-12(17)8-10(16)9-13(15)18/h8-9,11H,2-7,18H2,1H3,(H,19,21). The summed E-state index contributed by atoms with van der Waals surface area (Å²) < 4.78 is 0. The van der Waals surface area contributed by atoms with Crippen LogP contribution < -0.4 is 11.1 Å². The zero-order valence-corrected chi connectivity index (χ0v) is 13.7. The number of halogens is 2. The molecule has 116 valence electrons. The maximum atomic E-state index is 12.1. The minimum atomic E-state index is -0.0762. The summed E-state index contributed by atoms with van der Waals surface area (Å²) in [6, 6.07) is 3.77. The van der Waals surface area contributed by atoms with E-state index in [1.165, 1.54) is 12.8 Å². The monoisotopic (exact) mass is 329 g/mol. The molecule has 6 heteroatoms. The smallest absolute Gasteiger partial charge is 0.225 e. The van der Waals surface area contributed by atoms with Crippen LogP contribution in [0.1, 0.15) is 32.6 Å². The molecule has 1 aliphatic heterocycles. The van der Waals surface area contributed by atoms with Gasteiger partial charge < -0.3 is 11.1 Å². The fourth-order valence-corrected chi connectivity index (χ4v) is 3.38. The summed E-state index contributed by atoms with van der Waals surface area (Å²) in [5, 5.41) is 3.60. The summed E-state index contributed by atoms with van der Waals surface area (Å²) in [7, 11) is 0. The van der Waals surface area contributed by atoms with Crippen LogP contribution in [0, 0.1) is 0 Å². The lowest BCUT2D eigenvalue weighted by atomic mass is 10.1. The minimum absolute atomic E-state index is 0.0762. The van der Waals surface area contributed by atoms with Crippen LogP contribution in [-0.2, 0) is 4.79 Å². The number of hydrogen-bond acceptors (Lipinski definition) is 3. The van der Waals surface area contributed by atoms with Crippen molar-refractivity contribution in [3.05, 3.63) is 22.2 Å². The van der Waals surface area contributed by atoms with E-state index in [1.807, 2.05) is 0 Å². The highest BCUT2D eigenvalue weighted by Crippen LogP contribution is 2.32. The number of rotatable bonds is 5. The number of likely N-dealkylation sites (tertiary alicyclic amines) is 1. The molecule has 0 aromatic heterocycles. The third-order valence-corrected chi connectivity index (χ3v) is 4.46. The quantitative estimate of drug-likeness (QED) is 0.808. The van der Waals surface area contributed by atoms with E-state index >= 15 is 0 Å². The Balaban J connectivity index is 1.90. The molecule has 2 rings (SSSR count). The first-order chi connectivity index (χ1) is 10.0. The molecule has 1 heterocycles. The molecule has 1 aliphatic rings. The van der Waals surface area contributed by atoms with Crippen LogP contribution >= 0.6 is 23.2 Å². The molecule has 21 heavy (non-hydrogen) atoms. The predicted molar refractivity (Wildman–Crippen MR) is 89.0 cm³/mol. The molecule has 1 aromatic rings. The van der Waals surface area contributed by atoms with Crippen LogP contribution in [-0.4, -0.2) is 29.9 Å². The second kappa shape index (κ2) is 7.34. The van der Waals surface area contributed by atoms with E-state index in [0.29, 0.717) is 33.9 Å². The van der Waals surface area contributed by atoms with Crippen LogP contribution in [0.4, 0.5) is 11.4 Å². The average molecular weight is 330 g/mol. The van der Waals surface area contributed by atoms with Gasteiger partial charge in [-0.05, 0) is 37.9 Å². The Kier molecular flexibility index (Phi) is 5.73. The third kappa shape index (κ3) is 4.25. The Morgan fingerprint density at radius 2 is 2.24 bits per heavy atom. The Morgan fingerprint density at radius 3 is 2.90 bits per heavy atom. The van der Waals surface area contributed by atoms with Crippen molar-refractivity contribution >= 4 is 40.5 Å². The van der Waals surface area contributed by atoms with Gasteiger partial charge in [0.05, 0.1) is 16.4 Å². The third-order valence-electron chi connectivity index (χ3n) is 3.95. The largest absolute Gasteiger partial charge is 0.397 e. The van der Waals surface area contributed by atoms with Gasteiger partial charge in [-0.25, -0.2) is 0 Å². The number of nitrogen functional groups attached to an aromatic ring is 1. The van der Waals surface area contributed by atoms with E-state index in [4.69, 9.17) is 28.9 Å². The summed E-state index contributed by atoms with van der Waals surface area (Å²) in [6.45, 7) is 4.04. The molecule has 0 saturated carbocycles. The molecule has 1 fully saturated rings. The van der Waals surface area contributed by atoms with Crippen molar-refractivity contribution < 1.29 is 4.79 Å². The van der Waals surface area contributed by atoms with Gasteiger partial charge in [-0.2, -0.15) is 0 Å². The van der Waals surface area contributed by atoms with Crippen molar-refractivity contribution in [3.63, 3.8) is 0 Å². The molecule has 0 spiro atoms. The molecule has 0 aliphatic carbocycles.